The van der Waals surface area contributed by atoms with Crippen molar-refractivity contribution in [3.63, 3.8) is 0 Å². The van der Waals surface area contributed by atoms with E-state index in [2.05, 4.69) is 15.5 Å². The van der Waals surface area contributed by atoms with Gasteiger partial charge in [0.25, 0.3) is 0 Å². The van der Waals surface area contributed by atoms with Crippen molar-refractivity contribution in [1.29, 1.82) is 0 Å². The van der Waals surface area contributed by atoms with Crippen LogP contribution in [0.15, 0.2) is 24.3 Å². The average Bonchev–Trinajstić information content (AvgIpc) is 3.01. The van der Waals surface area contributed by atoms with Crippen molar-refractivity contribution in [1.82, 2.24) is 10.2 Å². The summed E-state index contributed by atoms with van der Waals surface area (Å²) in [7, 11) is 0. The third kappa shape index (κ3) is 5.04. The largest absolute Gasteiger partial charge is 0.465 e. The summed E-state index contributed by atoms with van der Waals surface area (Å²) in [6.07, 6.45) is 0. The van der Waals surface area contributed by atoms with E-state index in [0.717, 1.165) is 16.1 Å². The molecule has 1 N–H and O–H groups in total. The number of rotatable bonds is 7. The van der Waals surface area contributed by atoms with E-state index in [1.54, 1.807) is 13.8 Å². The minimum absolute atomic E-state index is 0.146. The van der Waals surface area contributed by atoms with Gasteiger partial charge in [-0.25, -0.2) is 0 Å². The SMILES string of the molecule is CCOC(=O)CSC(C)C(=O)Nc1nnc(-c2ccccc2C)s1. The Morgan fingerprint density at radius 1 is 1.33 bits per heavy atom. The molecule has 24 heavy (non-hydrogen) atoms. The molecule has 1 amide bonds. The molecular formula is C16H19N3O3S2. The van der Waals surface area contributed by atoms with Crippen molar-refractivity contribution in [2.45, 2.75) is 26.0 Å². The predicted octanol–water partition coefficient (Wildman–Crippen LogP) is 3.14. The Balaban J connectivity index is 1.93. The number of nitrogens with one attached hydrogen (secondary N) is 1. The van der Waals surface area contributed by atoms with E-state index < -0.39 is 0 Å². The minimum atomic E-state index is -0.389. The van der Waals surface area contributed by atoms with Gasteiger partial charge in [-0.15, -0.1) is 22.0 Å². The lowest BCUT2D eigenvalue weighted by molar-refractivity contribution is -0.139. The van der Waals surface area contributed by atoms with E-state index in [9.17, 15) is 9.59 Å². The first-order valence-corrected chi connectivity index (χ1v) is 9.35. The van der Waals surface area contributed by atoms with Gasteiger partial charge in [-0.05, 0) is 26.3 Å². The Hall–Kier alpha value is -1.93. The van der Waals surface area contributed by atoms with Crippen LogP contribution in [0.1, 0.15) is 19.4 Å². The third-order valence-electron chi connectivity index (χ3n) is 3.16. The van der Waals surface area contributed by atoms with E-state index in [0.29, 0.717) is 11.7 Å². The second kappa shape index (κ2) is 8.79. The number of amides is 1. The van der Waals surface area contributed by atoms with Crippen molar-refractivity contribution in [3.05, 3.63) is 29.8 Å². The molecule has 0 spiro atoms. The Morgan fingerprint density at radius 3 is 2.79 bits per heavy atom. The summed E-state index contributed by atoms with van der Waals surface area (Å²) in [5.41, 5.74) is 2.10. The highest BCUT2D eigenvalue weighted by Gasteiger charge is 2.18. The van der Waals surface area contributed by atoms with Crippen molar-refractivity contribution < 1.29 is 14.3 Å². The Bertz CT molecular complexity index is 718. The standard InChI is InChI=1S/C16H19N3O3S2/c1-4-22-13(20)9-23-11(3)14(21)17-16-19-18-15(24-16)12-8-6-5-7-10(12)2/h5-8,11H,4,9H2,1-3H3,(H,17,19,21). The number of hydrogen-bond acceptors (Lipinski definition) is 7. The van der Waals surface area contributed by atoms with Crippen LogP contribution >= 0.6 is 23.1 Å². The maximum Gasteiger partial charge on any atom is 0.315 e. The number of carbonyl (C=O) groups is 2. The molecule has 1 unspecified atom stereocenters. The molecule has 2 rings (SSSR count). The fraction of sp³-hybridized carbons (Fsp3) is 0.375. The lowest BCUT2D eigenvalue weighted by Gasteiger charge is -2.09. The molecule has 128 valence electrons. The van der Waals surface area contributed by atoms with Crippen LogP contribution in [-0.4, -0.2) is 39.7 Å². The zero-order chi connectivity index (χ0) is 17.5. The molecule has 0 saturated heterocycles. The number of esters is 1. The topological polar surface area (TPSA) is 81.2 Å². The van der Waals surface area contributed by atoms with Gasteiger partial charge in [0.15, 0.2) is 0 Å². The van der Waals surface area contributed by atoms with Gasteiger partial charge in [0.2, 0.25) is 11.0 Å². The average molecular weight is 365 g/mol. The lowest BCUT2D eigenvalue weighted by Crippen LogP contribution is -2.24. The Morgan fingerprint density at radius 2 is 2.08 bits per heavy atom. The Labute approximate surface area is 149 Å². The molecule has 8 heteroatoms. The van der Waals surface area contributed by atoms with Crippen LogP contribution in [-0.2, 0) is 14.3 Å². The molecule has 6 nitrogen and oxygen atoms in total. The number of aromatic nitrogens is 2. The monoisotopic (exact) mass is 365 g/mol. The first-order valence-electron chi connectivity index (χ1n) is 7.48. The van der Waals surface area contributed by atoms with Gasteiger partial charge < -0.3 is 4.74 Å². The second-order valence-electron chi connectivity index (χ2n) is 4.97. The molecular weight excluding hydrogens is 346 g/mol. The van der Waals surface area contributed by atoms with Crippen LogP contribution in [0.25, 0.3) is 10.6 Å². The van der Waals surface area contributed by atoms with Crippen molar-refractivity contribution in [3.8, 4) is 10.6 Å². The number of anilines is 1. The number of hydrogen-bond donors (Lipinski definition) is 1. The van der Waals surface area contributed by atoms with E-state index >= 15 is 0 Å². The van der Waals surface area contributed by atoms with E-state index in [1.807, 2.05) is 31.2 Å². The highest BCUT2D eigenvalue weighted by atomic mass is 32.2. The number of carbonyl (C=O) groups excluding carboxylic acids is 2. The number of thioether (sulfide) groups is 1. The Kier molecular flexibility index (Phi) is 6.74. The number of benzene rings is 1. The molecule has 0 saturated carbocycles. The van der Waals surface area contributed by atoms with Crippen molar-refractivity contribution >= 4 is 40.1 Å². The van der Waals surface area contributed by atoms with Gasteiger partial charge in [-0.3, -0.25) is 14.9 Å². The first kappa shape index (κ1) is 18.4. The van der Waals surface area contributed by atoms with Gasteiger partial charge >= 0.3 is 5.97 Å². The predicted molar refractivity (Wildman–Crippen MR) is 97.3 cm³/mol. The van der Waals surface area contributed by atoms with Gasteiger partial charge in [0.05, 0.1) is 17.6 Å². The maximum atomic E-state index is 12.2. The summed E-state index contributed by atoms with van der Waals surface area (Å²) >= 11 is 2.55. The maximum absolute atomic E-state index is 12.2. The second-order valence-corrected chi connectivity index (χ2v) is 7.28. The summed E-state index contributed by atoms with van der Waals surface area (Å²) in [6, 6.07) is 7.88. The molecule has 1 aromatic heterocycles. The number of aryl methyl sites for hydroxylation is 1. The molecule has 0 radical (unpaired) electrons. The molecule has 0 bridgehead atoms. The van der Waals surface area contributed by atoms with Crippen LogP contribution in [0.4, 0.5) is 5.13 Å². The normalized spacial score (nSPS) is 11.8. The highest BCUT2D eigenvalue weighted by molar-refractivity contribution is 8.01. The van der Waals surface area contributed by atoms with E-state index in [-0.39, 0.29) is 22.9 Å². The number of nitrogens with zero attached hydrogens (tertiary/aromatic N) is 2. The lowest BCUT2D eigenvalue weighted by atomic mass is 10.1. The fourth-order valence-electron chi connectivity index (χ4n) is 1.87. The fourth-order valence-corrected chi connectivity index (χ4v) is 3.39. The van der Waals surface area contributed by atoms with Crippen LogP contribution in [0.3, 0.4) is 0 Å². The molecule has 0 aliphatic rings. The molecule has 1 atom stereocenters. The molecule has 1 aromatic carbocycles. The van der Waals surface area contributed by atoms with E-state index in [4.69, 9.17) is 4.74 Å². The molecule has 0 aliphatic carbocycles. The quantitative estimate of drug-likeness (QED) is 0.759. The van der Waals surface area contributed by atoms with Gasteiger partial charge in [0.1, 0.15) is 5.01 Å². The number of ether oxygens (including phenoxy) is 1. The molecule has 0 aliphatic heterocycles. The van der Waals surface area contributed by atoms with Crippen molar-refractivity contribution in [2.75, 3.05) is 17.7 Å². The van der Waals surface area contributed by atoms with Gasteiger partial charge in [-0.1, -0.05) is 35.6 Å². The van der Waals surface area contributed by atoms with Crippen LogP contribution in [0, 0.1) is 6.92 Å². The summed E-state index contributed by atoms with van der Waals surface area (Å²) in [6.45, 7) is 5.83. The summed E-state index contributed by atoms with van der Waals surface area (Å²) in [5.74, 6) is -0.385. The van der Waals surface area contributed by atoms with Gasteiger partial charge in [-0.2, -0.15) is 0 Å². The van der Waals surface area contributed by atoms with Gasteiger partial charge in [0, 0.05) is 5.56 Å². The summed E-state index contributed by atoms with van der Waals surface area (Å²) < 4.78 is 4.84. The first-order chi connectivity index (χ1) is 11.5. The zero-order valence-electron chi connectivity index (χ0n) is 13.7. The van der Waals surface area contributed by atoms with E-state index in [1.165, 1.54) is 23.1 Å². The minimum Gasteiger partial charge on any atom is -0.465 e. The molecule has 0 fully saturated rings. The third-order valence-corrected chi connectivity index (χ3v) is 5.14. The zero-order valence-corrected chi connectivity index (χ0v) is 15.4. The smallest absolute Gasteiger partial charge is 0.315 e. The van der Waals surface area contributed by atoms with Crippen LogP contribution in [0.2, 0.25) is 0 Å². The molecule has 1 heterocycles. The summed E-state index contributed by atoms with van der Waals surface area (Å²) in [4.78, 5) is 23.5. The molecule has 2 aromatic rings. The van der Waals surface area contributed by atoms with Crippen molar-refractivity contribution in [2.24, 2.45) is 0 Å². The highest BCUT2D eigenvalue weighted by Crippen LogP contribution is 2.29. The van der Waals surface area contributed by atoms with Crippen LogP contribution in [0.5, 0.6) is 0 Å². The summed E-state index contributed by atoms with van der Waals surface area (Å²) in [5, 5.41) is 11.7. The van der Waals surface area contributed by atoms with Crippen LogP contribution < -0.4 is 5.32 Å².